The number of rotatable bonds is 9. The standard InChI is InChI=1S/C16H31NO3/c1-15(2,3)10-12-20-11-6-9-16(4,14(18)19-5)17-13-7-8-13/h13,17H,6-12H2,1-5H3. The number of methoxy groups -OCH3 is 1. The SMILES string of the molecule is COC(=O)C(C)(CCCOCCC(C)(C)C)NC1CC1. The van der Waals surface area contributed by atoms with Crippen LogP contribution in [0.3, 0.4) is 0 Å². The van der Waals surface area contributed by atoms with Crippen LogP contribution >= 0.6 is 0 Å². The van der Waals surface area contributed by atoms with Crippen molar-refractivity contribution in [1.29, 1.82) is 0 Å². The molecule has 0 aromatic rings. The number of carbonyl (C=O) groups excluding carboxylic acids is 1. The molecule has 1 aliphatic rings. The highest BCUT2D eigenvalue weighted by Crippen LogP contribution is 2.25. The molecule has 0 aliphatic heterocycles. The van der Waals surface area contributed by atoms with Crippen LogP contribution < -0.4 is 5.32 Å². The molecule has 0 aromatic carbocycles. The fraction of sp³-hybridized carbons (Fsp3) is 0.938. The maximum Gasteiger partial charge on any atom is 0.325 e. The number of esters is 1. The van der Waals surface area contributed by atoms with Crippen LogP contribution in [0.15, 0.2) is 0 Å². The summed E-state index contributed by atoms with van der Waals surface area (Å²) in [6.07, 6.45) is 5.01. The molecule has 1 N–H and O–H groups in total. The molecule has 1 aliphatic carbocycles. The highest BCUT2D eigenvalue weighted by molar-refractivity contribution is 5.80. The third-order valence-electron chi connectivity index (χ3n) is 3.70. The van der Waals surface area contributed by atoms with Crippen molar-refractivity contribution < 1.29 is 14.3 Å². The van der Waals surface area contributed by atoms with E-state index in [0.29, 0.717) is 18.1 Å². The van der Waals surface area contributed by atoms with Crippen molar-refractivity contribution in [1.82, 2.24) is 5.32 Å². The minimum Gasteiger partial charge on any atom is -0.468 e. The van der Waals surface area contributed by atoms with E-state index >= 15 is 0 Å². The number of carbonyl (C=O) groups is 1. The topological polar surface area (TPSA) is 47.6 Å². The van der Waals surface area contributed by atoms with Crippen LogP contribution in [0.5, 0.6) is 0 Å². The van der Waals surface area contributed by atoms with E-state index in [1.54, 1.807) is 0 Å². The van der Waals surface area contributed by atoms with Crippen LogP contribution in [0.1, 0.15) is 59.8 Å². The molecule has 1 atom stereocenters. The van der Waals surface area contributed by atoms with Crippen LogP contribution in [0, 0.1) is 5.41 Å². The molecule has 118 valence electrons. The Morgan fingerprint density at radius 1 is 1.15 bits per heavy atom. The molecular weight excluding hydrogens is 254 g/mol. The Labute approximate surface area is 123 Å². The first-order chi connectivity index (χ1) is 9.27. The van der Waals surface area contributed by atoms with Gasteiger partial charge in [0.15, 0.2) is 0 Å². The number of hydrogen-bond donors (Lipinski definition) is 1. The lowest BCUT2D eigenvalue weighted by Gasteiger charge is -2.28. The van der Waals surface area contributed by atoms with Crippen molar-refractivity contribution in [3.63, 3.8) is 0 Å². The van der Waals surface area contributed by atoms with Crippen molar-refractivity contribution >= 4 is 5.97 Å². The Balaban J connectivity index is 2.23. The molecule has 0 amide bonds. The van der Waals surface area contributed by atoms with Crippen LogP contribution in [-0.2, 0) is 14.3 Å². The monoisotopic (exact) mass is 285 g/mol. The molecule has 0 bridgehead atoms. The third kappa shape index (κ3) is 6.71. The van der Waals surface area contributed by atoms with Gasteiger partial charge in [-0.25, -0.2) is 0 Å². The molecule has 1 saturated carbocycles. The summed E-state index contributed by atoms with van der Waals surface area (Å²) < 4.78 is 10.6. The maximum absolute atomic E-state index is 11.9. The van der Waals surface area contributed by atoms with E-state index in [1.165, 1.54) is 7.11 Å². The van der Waals surface area contributed by atoms with E-state index in [-0.39, 0.29) is 5.97 Å². The van der Waals surface area contributed by atoms with E-state index in [2.05, 4.69) is 26.1 Å². The second-order valence-corrected chi connectivity index (χ2v) is 7.27. The third-order valence-corrected chi connectivity index (χ3v) is 3.70. The Bertz CT molecular complexity index is 307. The van der Waals surface area contributed by atoms with Crippen LogP contribution in [0.2, 0.25) is 0 Å². The zero-order chi connectivity index (χ0) is 15.2. The van der Waals surface area contributed by atoms with Gasteiger partial charge in [0.1, 0.15) is 5.54 Å². The van der Waals surface area contributed by atoms with Crippen LogP contribution in [0.4, 0.5) is 0 Å². The highest BCUT2D eigenvalue weighted by Gasteiger charge is 2.38. The van der Waals surface area contributed by atoms with Crippen molar-refractivity contribution in [2.24, 2.45) is 5.41 Å². The molecular formula is C16H31NO3. The molecule has 1 unspecified atom stereocenters. The van der Waals surface area contributed by atoms with Gasteiger partial charge in [0.05, 0.1) is 7.11 Å². The summed E-state index contributed by atoms with van der Waals surface area (Å²) in [6, 6.07) is 0.487. The molecule has 0 radical (unpaired) electrons. The lowest BCUT2D eigenvalue weighted by molar-refractivity contribution is -0.148. The first-order valence-electron chi connectivity index (χ1n) is 7.71. The minimum absolute atomic E-state index is 0.168. The average Bonchev–Trinajstić information content (AvgIpc) is 3.15. The first-order valence-corrected chi connectivity index (χ1v) is 7.71. The molecule has 0 aromatic heterocycles. The predicted octanol–water partition coefficient (Wildman–Crippen LogP) is 2.90. The lowest BCUT2D eigenvalue weighted by Crippen LogP contribution is -2.51. The lowest BCUT2D eigenvalue weighted by atomic mass is 9.93. The maximum atomic E-state index is 11.9. The summed E-state index contributed by atoms with van der Waals surface area (Å²) >= 11 is 0. The summed E-state index contributed by atoms with van der Waals surface area (Å²) in [7, 11) is 1.45. The summed E-state index contributed by atoms with van der Waals surface area (Å²) in [5.74, 6) is -0.168. The Morgan fingerprint density at radius 2 is 1.80 bits per heavy atom. The van der Waals surface area contributed by atoms with Gasteiger partial charge in [-0.15, -0.1) is 0 Å². The first kappa shape index (κ1) is 17.4. The Hall–Kier alpha value is -0.610. The van der Waals surface area contributed by atoms with Gasteiger partial charge in [0.2, 0.25) is 0 Å². The molecule has 20 heavy (non-hydrogen) atoms. The van der Waals surface area contributed by atoms with E-state index in [4.69, 9.17) is 9.47 Å². The molecule has 1 fully saturated rings. The van der Waals surface area contributed by atoms with Gasteiger partial charge in [-0.1, -0.05) is 20.8 Å². The van der Waals surface area contributed by atoms with Crippen LogP contribution in [-0.4, -0.2) is 37.9 Å². The average molecular weight is 285 g/mol. The van der Waals surface area contributed by atoms with E-state index in [0.717, 1.165) is 38.7 Å². The quantitative estimate of drug-likeness (QED) is 0.523. The van der Waals surface area contributed by atoms with Gasteiger partial charge >= 0.3 is 5.97 Å². The van der Waals surface area contributed by atoms with E-state index < -0.39 is 5.54 Å². The Morgan fingerprint density at radius 3 is 2.30 bits per heavy atom. The van der Waals surface area contributed by atoms with Gasteiger partial charge in [-0.3, -0.25) is 10.1 Å². The highest BCUT2D eigenvalue weighted by atomic mass is 16.5. The van der Waals surface area contributed by atoms with E-state index in [9.17, 15) is 4.79 Å². The largest absolute Gasteiger partial charge is 0.468 e. The summed E-state index contributed by atoms with van der Waals surface area (Å²) in [6.45, 7) is 10.1. The van der Waals surface area contributed by atoms with Crippen LogP contribution in [0.25, 0.3) is 0 Å². The van der Waals surface area contributed by atoms with Gasteiger partial charge in [0, 0.05) is 19.3 Å². The van der Waals surface area contributed by atoms with Gasteiger partial charge < -0.3 is 9.47 Å². The zero-order valence-electron chi connectivity index (χ0n) is 13.8. The second kappa shape index (κ2) is 7.41. The normalized spacial score (nSPS) is 18.6. The van der Waals surface area contributed by atoms with Gasteiger partial charge in [0.25, 0.3) is 0 Å². The Kier molecular flexibility index (Phi) is 6.46. The van der Waals surface area contributed by atoms with E-state index in [1.807, 2.05) is 6.92 Å². The molecule has 4 heteroatoms. The molecule has 0 spiro atoms. The molecule has 0 saturated heterocycles. The van der Waals surface area contributed by atoms with Crippen molar-refractivity contribution in [3.05, 3.63) is 0 Å². The number of ether oxygens (including phenoxy) is 2. The number of nitrogens with one attached hydrogen (secondary N) is 1. The molecule has 1 rings (SSSR count). The number of hydrogen-bond acceptors (Lipinski definition) is 4. The molecule has 0 heterocycles. The van der Waals surface area contributed by atoms with Crippen molar-refractivity contribution in [2.45, 2.75) is 71.4 Å². The summed E-state index contributed by atoms with van der Waals surface area (Å²) in [5.41, 5.74) is -0.253. The molecule has 4 nitrogen and oxygen atoms in total. The fourth-order valence-electron chi connectivity index (χ4n) is 2.14. The second-order valence-electron chi connectivity index (χ2n) is 7.27. The predicted molar refractivity (Wildman–Crippen MR) is 80.7 cm³/mol. The smallest absolute Gasteiger partial charge is 0.325 e. The van der Waals surface area contributed by atoms with Crippen molar-refractivity contribution in [3.8, 4) is 0 Å². The minimum atomic E-state index is -0.566. The summed E-state index contributed by atoms with van der Waals surface area (Å²) in [4.78, 5) is 11.9. The fourth-order valence-corrected chi connectivity index (χ4v) is 2.14. The van der Waals surface area contributed by atoms with Crippen molar-refractivity contribution in [2.75, 3.05) is 20.3 Å². The summed E-state index contributed by atoms with van der Waals surface area (Å²) in [5, 5.41) is 3.40. The van der Waals surface area contributed by atoms with Gasteiger partial charge in [-0.2, -0.15) is 0 Å². The van der Waals surface area contributed by atoms with Gasteiger partial charge in [-0.05, 0) is 44.4 Å². The zero-order valence-corrected chi connectivity index (χ0v) is 13.8.